The Morgan fingerprint density at radius 2 is 1.40 bits per heavy atom. The molecular formula is C26H26Br2ClF3N6O4. The van der Waals surface area contributed by atoms with Crippen molar-refractivity contribution in [2.75, 3.05) is 24.6 Å². The third-order valence-electron chi connectivity index (χ3n) is 7.03. The van der Waals surface area contributed by atoms with E-state index in [1.807, 2.05) is 0 Å². The van der Waals surface area contributed by atoms with Crippen molar-refractivity contribution in [3.8, 4) is 0 Å². The number of nitrogen functional groups attached to an aromatic ring is 2. The summed E-state index contributed by atoms with van der Waals surface area (Å²) >= 11 is 6.70. The molecule has 2 aliphatic heterocycles. The summed E-state index contributed by atoms with van der Waals surface area (Å²) in [7, 11) is 0. The lowest BCUT2D eigenvalue weighted by Gasteiger charge is -2.30. The number of hydrogen-bond donors (Lipinski definition) is 3. The van der Waals surface area contributed by atoms with E-state index in [0.29, 0.717) is 42.8 Å². The molecule has 5 rings (SSSR count). The average Bonchev–Trinajstić information content (AvgIpc) is 2.92. The van der Waals surface area contributed by atoms with E-state index in [9.17, 15) is 33.4 Å². The standard InChI is InChI=1S/C17H15BrF3N3O2.C9H10BrN3O2.ClH/c18-14-7-15(24(25)26)16(22)12-5-6-23(9-13(12)14)8-10-1-3-11(4-2-10)17(19,20)21;10-7-3-8(13(14)15)9(11)5-1-2-12-4-6(5)7;/h1-4,7H,5-6,8-9,22H2;3,12H,1-2,4,11H2;1H. The molecule has 10 nitrogen and oxygen atoms in total. The first kappa shape index (κ1) is 33.5. The molecule has 0 saturated carbocycles. The van der Waals surface area contributed by atoms with Crippen LogP contribution in [0.3, 0.4) is 0 Å². The van der Waals surface area contributed by atoms with Gasteiger partial charge in [0.25, 0.3) is 11.4 Å². The van der Waals surface area contributed by atoms with Crippen LogP contribution in [0.25, 0.3) is 0 Å². The van der Waals surface area contributed by atoms with Gasteiger partial charge in [0.1, 0.15) is 11.4 Å². The van der Waals surface area contributed by atoms with Crippen LogP contribution < -0.4 is 16.8 Å². The molecular weight excluding hydrogens is 713 g/mol. The van der Waals surface area contributed by atoms with Gasteiger partial charge in [0.05, 0.1) is 15.4 Å². The highest BCUT2D eigenvalue weighted by Crippen LogP contribution is 2.38. The number of nitro groups is 2. The van der Waals surface area contributed by atoms with Gasteiger partial charge < -0.3 is 16.8 Å². The average molecular weight is 739 g/mol. The molecule has 0 aliphatic carbocycles. The van der Waals surface area contributed by atoms with Crippen molar-refractivity contribution in [1.82, 2.24) is 10.2 Å². The van der Waals surface area contributed by atoms with E-state index in [2.05, 4.69) is 42.1 Å². The van der Waals surface area contributed by atoms with Crippen LogP contribution in [0.1, 0.15) is 33.4 Å². The molecule has 0 fully saturated rings. The Hall–Kier alpha value is -2.98. The molecule has 0 unspecified atom stereocenters. The first-order chi connectivity index (χ1) is 19.3. The highest BCUT2D eigenvalue weighted by molar-refractivity contribution is 9.10. The second-order valence-electron chi connectivity index (χ2n) is 9.59. The summed E-state index contributed by atoms with van der Waals surface area (Å²) in [6.07, 6.45) is -3.07. The minimum Gasteiger partial charge on any atom is -0.393 e. The molecule has 5 N–H and O–H groups in total. The lowest BCUT2D eigenvalue weighted by atomic mass is 9.96. The quantitative estimate of drug-likeness (QED) is 0.155. The Morgan fingerprint density at radius 3 is 1.93 bits per heavy atom. The normalized spacial score (nSPS) is 14.5. The Bertz CT molecular complexity index is 1510. The fraction of sp³-hybridized carbons (Fsp3) is 0.308. The summed E-state index contributed by atoms with van der Waals surface area (Å²) in [4.78, 5) is 22.9. The van der Waals surface area contributed by atoms with Crippen LogP contribution in [0, 0.1) is 20.2 Å². The fourth-order valence-corrected chi connectivity index (χ4v) is 6.10. The largest absolute Gasteiger partial charge is 0.416 e. The Labute approximate surface area is 261 Å². The van der Waals surface area contributed by atoms with Gasteiger partial charge in [-0.25, -0.2) is 0 Å². The molecule has 3 aromatic rings. The van der Waals surface area contributed by atoms with E-state index in [1.165, 1.54) is 24.3 Å². The predicted octanol–water partition coefficient (Wildman–Crippen LogP) is 6.52. The zero-order chi connectivity index (χ0) is 30.1. The number of nitrogens with zero attached hydrogens (tertiary/aromatic N) is 3. The van der Waals surface area contributed by atoms with Gasteiger partial charge in [-0.1, -0.05) is 44.0 Å². The highest BCUT2D eigenvalue weighted by atomic mass is 79.9. The topological polar surface area (TPSA) is 154 Å². The van der Waals surface area contributed by atoms with Crippen LogP contribution in [0.15, 0.2) is 45.3 Å². The van der Waals surface area contributed by atoms with Crippen molar-refractivity contribution in [2.24, 2.45) is 0 Å². The van der Waals surface area contributed by atoms with Gasteiger partial charge in [-0.15, -0.1) is 12.4 Å². The van der Waals surface area contributed by atoms with Crippen LogP contribution in [0.2, 0.25) is 0 Å². The predicted molar refractivity (Wildman–Crippen MR) is 162 cm³/mol. The van der Waals surface area contributed by atoms with Crippen molar-refractivity contribution in [3.63, 3.8) is 0 Å². The summed E-state index contributed by atoms with van der Waals surface area (Å²) in [6.45, 7) is 3.13. The van der Waals surface area contributed by atoms with Gasteiger partial charge >= 0.3 is 6.18 Å². The zero-order valence-corrected chi connectivity index (χ0v) is 25.8. The van der Waals surface area contributed by atoms with Crippen molar-refractivity contribution in [1.29, 1.82) is 0 Å². The second kappa shape index (κ2) is 13.5. The summed E-state index contributed by atoms with van der Waals surface area (Å²) in [6, 6.07) is 7.96. The Kier molecular flexibility index (Phi) is 10.8. The van der Waals surface area contributed by atoms with Crippen LogP contribution in [0.5, 0.6) is 0 Å². The number of benzene rings is 3. The third-order valence-corrected chi connectivity index (χ3v) is 8.44. The van der Waals surface area contributed by atoms with E-state index in [1.54, 1.807) is 0 Å². The molecule has 226 valence electrons. The van der Waals surface area contributed by atoms with E-state index in [4.69, 9.17) is 11.5 Å². The van der Waals surface area contributed by atoms with E-state index in [0.717, 1.165) is 57.4 Å². The maximum atomic E-state index is 12.6. The maximum absolute atomic E-state index is 12.6. The number of fused-ring (bicyclic) bond motifs is 2. The van der Waals surface area contributed by atoms with E-state index < -0.39 is 21.6 Å². The second-order valence-corrected chi connectivity index (χ2v) is 11.3. The molecule has 0 spiro atoms. The lowest BCUT2D eigenvalue weighted by molar-refractivity contribution is -0.384. The monoisotopic (exact) mass is 736 g/mol. The molecule has 0 radical (unpaired) electrons. The minimum atomic E-state index is -4.35. The molecule has 2 heterocycles. The van der Waals surface area contributed by atoms with Crippen LogP contribution in [-0.4, -0.2) is 27.8 Å². The molecule has 0 bridgehead atoms. The van der Waals surface area contributed by atoms with E-state index >= 15 is 0 Å². The number of nitro benzene ring substituents is 2. The van der Waals surface area contributed by atoms with Crippen LogP contribution in [0.4, 0.5) is 35.9 Å². The number of rotatable bonds is 4. The van der Waals surface area contributed by atoms with Gasteiger partial charge in [-0.05, 0) is 59.3 Å². The van der Waals surface area contributed by atoms with Crippen molar-refractivity contribution in [2.45, 2.75) is 38.7 Å². The number of anilines is 2. The SMILES string of the molecule is Cl.Nc1c([N+](=O)[O-])cc(Br)c2c1CCN(Cc1ccc(C(F)(F)F)cc1)C2.Nc1c([N+](=O)[O-])cc(Br)c2c1CCNC2. The number of alkyl halides is 3. The fourth-order valence-electron chi connectivity index (χ4n) is 4.92. The molecule has 0 atom stereocenters. The molecule has 0 saturated heterocycles. The van der Waals surface area contributed by atoms with Crippen LogP contribution >= 0.6 is 44.3 Å². The number of halogens is 6. The van der Waals surface area contributed by atoms with E-state index in [-0.39, 0.29) is 29.5 Å². The van der Waals surface area contributed by atoms with Crippen LogP contribution in [-0.2, 0) is 38.7 Å². The molecule has 0 aromatic heterocycles. The van der Waals surface area contributed by atoms with Crippen molar-refractivity contribution < 1.29 is 23.0 Å². The number of hydrogen-bond acceptors (Lipinski definition) is 8. The number of nitrogens with two attached hydrogens (primary N) is 2. The molecule has 42 heavy (non-hydrogen) atoms. The maximum Gasteiger partial charge on any atom is 0.416 e. The third kappa shape index (κ3) is 7.32. The molecule has 16 heteroatoms. The zero-order valence-electron chi connectivity index (χ0n) is 21.8. The van der Waals surface area contributed by atoms with Gasteiger partial charge in [-0.2, -0.15) is 13.2 Å². The first-order valence-corrected chi connectivity index (χ1v) is 13.9. The number of nitrogens with one attached hydrogen (secondary N) is 1. The summed E-state index contributed by atoms with van der Waals surface area (Å²) in [5.74, 6) is 0. The summed E-state index contributed by atoms with van der Waals surface area (Å²) in [5, 5.41) is 25.0. The summed E-state index contributed by atoms with van der Waals surface area (Å²) < 4.78 is 39.3. The summed E-state index contributed by atoms with van der Waals surface area (Å²) in [5.41, 5.74) is 15.8. The first-order valence-electron chi connectivity index (χ1n) is 12.3. The molecule has 0 amide bonds. The Balaban J connectivity index is 0.000000258. The van der Waals surface area contributed by atoms with Gasteiger partial charge in [0.2, 0.25) is 0 Å². The highest BCUT2D eigenvalue weighted by Gasteiger charge is 2.30. The Morgan fingerprint density at radius 1 is 0.881 bits per heavy atom. The van der Waals surface area contributed by atoms with Gasteiger partial charge in [0, 0.05) is 47.3 Å². The molecule has 3 aromatic carbocycles. The van der Waals surface area contributed by atoms with Crippen molar-refractivity contribution in [3.05, 3.63) is 99.0 Å². The molecule has 2 aliphatic rings. The van der Waals surface area contributed by atoms with Gasteiger partial charge in [-0.3, -0.25) is 25.1 Å². The lowest BCUT2D eigenvalue weighted by Crippen LogP contribution is -2.31. The van der Waals surface area contributed by atoms with Gasteiger partial charge in [0.15, 0.2) is 0 Å². The minimum absolute atomic E-state index is 0. The smallest absolute Gasteiger partial charge is 0.393 e. The van der Waals surface area contributed by atoms with Crippen molar-refractivity contribution >= 4 is 67.0 Å².